The second kappa shape index (κ2) is 6.86. The summed E-state index contributed by atoms with van der Waals surface area (Å²) >= 11 is 0. The van der Waals surface area contributed by atoms with Crippen LogP contribution in [0.4, 0.5) is 10.1 Å². The summed E-state index contributed by atoms with van der Waals surface area (Å²) in [5, 5.41) is 24.8. The molecule has 0 amide bonds. The van der Waals surface area contributed by atoms with Gasteiger partial charge < -0.3 is 4.74 Å². The number of hydrogen-bond acceptors (Lipinski definition) is 6. The average Bonchev–Trinajstić information content (AvgIpc) is 2.92. The molecular weight excluding hydrogens is 287 g/mol. The monoisotopic (exact) mass is 298 g/mol. The first kappa shape index (κ1) is 15.0. The largest absolute Gasteiger partial charge is 0.485 e. The molecule has 7 nitrogen and oxygen atoms in total. The van der Waals surface area contributed by atoms with Gasteiger partial charge >= 0.3 is 0 Å². The summed E-state index contributed by atoms with van der Waals surface area (Å²) in [6.45, 7) is 0.226. The van der Waals surface area contributed by atoms with Gasteiger partial charge in [-0.05, 0) is 18.2 Å². The Balaban J connectivity index is 2.18. The van der Waals surface area contributed by atoms with Crippen LogP contribution in [0.2, 0.25) is 0 Å². The zero-order chi connectivity index (χ0) is 15.9. The molecule has 1 aromatic heterocycles. The van der Waals surface area contributed by atoms with E-state index in [0.717, 1.165) is 11.8 Å². The van der Waals surface area contributed by atoms with Crippen molar-refractivity contribution in [1.29, 1.82) is 10.5 Å². The molecule has 0 unspecified atom stereocenters. The Morgan fingerprint density at radius 3 is 2.82 bits per heavy atom. The molecule has 2 rings (SSSR count). The molecule has 0 saturated carbocycles. The smallest absolute Gasteiger partial charge is 0.237 e. The summed E-state index contributed by atoms with van der Waals surface area (Å²) in [7, 11) is 1.78. The Labute approximate surface area is 125 Å². The lowest BCUT2D eigenvalue weighted by molar-refractivity contribution is 0.296. The lowest BCUT2D eigenvalue weighted by Crippen LogP contribution is -2.05. The summed E-state index contributed by atoms with van der Waals surface area (Å²) in [5.74, 6) is -0.164. The number of halogens is 1. The van der Waals surface area contributed by atoms with Gasteiger partial charge in [-0.2, -0.15) is 20.7 Å². The Hall–Kier alpha value is -3.39. The first-order chi connectivity index (χ1) is 10.6. The second-order valence-electron chi connectivity index (χ2n) is 4.17. The maximum absolute atomic E-state index is 13.3. The highest BCUT2D eigenvalue weighted by atomic mass is 19.1. The third-order valence-corrected chi connectivity index (χ3v) is 2.74. The van der Waals surface area contributed by atoms with Gasteiger partial charge in [-0.15, -0.1) is 0 Å². The van der Waals surface area contributed by atoms with Crippen LogP contribution in [0.3, 0.4) is 0 Å². The number of benzene rings is 1. The fraction of sp³-hybridized carbons (Fsp3) is 0.143. The van der Waals surface area contributed by atoms with E-state index in [4.69, 9.17) is 15.3 Å². The van der Waals surface area contributed by atoms with Crippen LogP contribution in [-0.4, -0.2) is 15.5 Å². The molecule has 2 aromatic rings. The number of anilines is 1. The van der Waals surface area contributed by atoms with E-state index in [0.29, 0.717) is 5.75 Å². The van der Waals surface area contributed by atoms with E-state index < -0.39 is 5.82 Å². The molecule has 0 aliphatic carbocycles. The lowest BCUT2D eigenvalue weighted by Gasteiger charge is -2.11. The van der Waals surface area contributed by atoms with Crippen LogP contribution >= 0.6 is 0 Å². The van der Waals surface area contributed by atoms with Gasteiger partial charge in [0.15, 0.2) is 0 Å². The number of nitrogens with zero attached hydrogens (tertiary/aromatic N) is 5. The fourth-order valence-electron chi connectivity index (χ4n) is 1.60. The minimum atomic E-state index is -0.499. The van der Waals surface area contributed by atoms with E-state index in [1.165, 1.54) is 12.1 Å². The Bertz CT molecular complexity index is 767. The topological polar surface area (TPSA) is 99.0 Å². The summed E-state index contributed by atoms with van der Waals surface area (Å²) in [6, 6.07) is 8.82. The molecular formula is C14H11FN6O. The molecule has 1 heterocycles. The van der Waals surface area contributed by atoms with Crippen LogP contribution in [0, 0.1) is 28.5 Å². The highest BCUT2D eigenvalue weighted by molar-refractivity contribution is 6.10. The molecule has 22 heavy (non-hydrogen) atoms. The summed E-state index contributed by atoms with van der Waals surface area (Å²) in [5.41, 5.74) is 3.12. The molecule has 0 aliphatic heterocycles. The molecule has 1 aromatic carbocycles. The number of hydrogen-bond donors (Lipinski definition) is 1. The molecule has 8 heteroatoms. The van der Waals surface area contributed by atoms with Crippen LogP contribution < -0.4 is 10.2 Å². The first-order valence-electron chi connectivity index (χ1n) is 6.17. The number of nitriles is 2. The van der Waals surface area contributed by atoms with E-state index >= 15 is 0 Å². The van der Waals surface area contributed by atoms with Crippen LogP contribution in [0.25, 0.3) is 0 Å². The lowest BCUT2D eigenvalue weighted by atomic mass is 10.3. The number of nitrogens with one attached hydrogen (secondary N) is 1. The van der Waals surface area contributed by atoms with Crippen molar-refractivity contribution in [3.8, 4) is 17.9 Å². The molecule has 110 valence electrons. The Morgan fingerprint density at radius 1 is 1.41 bits per heavy atom. The molecule has 0 aliphatic rings. The van der Waals surface area contributed by atoms with E-state index in [-0.39, 0.29) is 18.0 Å². The van der Waals surface area contributed by atoms with Crippen molar-refractivity contribution >= 4 is 11.4 Å². The van der Waals surface area contributed by atoms with Gasteiger partial charge in [-0.25, -0.2) is 4.39 Å². The van der Waals surface area contributed by atoms with Crippen molar-refractivity contribution in [2.45, 2.75) is 6.61 Å². The zero-order valence-electron chi connectivity index (χ0n) is 11.6. The van der Waals surface area contributed by atoms with Crippen molar-refractivity contribution < 1.29 is 9.13 Å². The van der Waals surface area contributed by atoms with Crippen LogP contribution in [0.15, 0.2) is 35.6 Å². The number of ether oxygens (including phenoxy) is 1. The molecule has 1 N–H and O–H groups in total. The van der Waals surface area contributed by atoms with Crippen LogP contribution in [0.5, 0.6) is 5.75 Å². The number of hydrazone groups is 1. The predicted octanol–water partition coefficient (Wildman–Crippen LogP) is 1.95. The third-order valence-electron chi connectivity index (χ3n) is 2.74. The number of rotatable bonds is 5. The molecule has 0 atom stereocenters. The standard InChI is InChI=1S/C14H11FN6O/c1-21-12(4-5-18-21)9-22-14-3-2-10(15)6-13(14)20-19-11(7-16)8-17/h2-6,20H,9H2,1H3. The average molecular weight is 298 g/mol. The van der Waals surface area contributed by atoms with E-state index in [2.05, 4.69) is 15.6 Å². The van der Waals surface area contributed by atoms with Gasteiger partial charge in [0.05, 0.1) is 5.69 Å². The van der Waals surface area contributed by atoms with Crippen molar-refractivity contribution in [2.24, 2.45) is 12.1 Å². The van der Waals surface area contributed by atoms with E-state index in [1.807, 2.05) is 0 Å². The molecule has 0 fully saturated rings. The first-order valence-corrected chi connectivity index (χ1v) is 6.17. The molecule has 0 saturated heterocycles. The van der Waals surface area contributed by atoms with Gasteiger partial charge in [0.1, 0.15) is 36.0 Å². The molecule has 0 spiro atoms. The van der Waals surface area contributed by atoms with Gasteiger partial charge in [-0.3, -0.25) is 10.1 Å². The number of aryl methyl sites for hydroxylation is 1. The summed E-state index contributed by atoms with van der Waals surface area (Å²) in [6.07, 6.45) is 1.64. The molecule has 0 bridgehead atoms. The highest BCUT2D eigenvalue weighted by Gasteiger charge is 2.07. The predicted molar refractivity (Wildman–Crippen MR) is 76.2 cm³/mol. The zero-order valence-corrected chi connectivity index (χ0v) is 11.6. The van der Waals surface area contributed by atoms with Gasteiger partial charge in [0, 0.05) is 19.3 Å². The van der Waals surface area contributed by atoms with Crippen molar-refractivity contribution in [2.75, 3.05) is 5.43 Å². The quantitative estimate of drug-likeness (QED) is 0.672. The second-order valence-corrected chi connectivity index (χ2v) is 4.17. The highest BCUT2D eigenvalue weighted by Crippen LogP contribution is 2.26. The normalized spacial score (nSPS) is 9.45. The fourth-order valence-corrected chi connectivity index (χ4v) is 1.60. The SMILES string of the molecule is Cn1nccc1COc1ccc(F)cc1NN=C(C#N)C#N. The Morgan fingerprint density at radius 2 is 2.18 bits per heavy atom. The van der Waals surface area contributed by atoms with E-state index in [1.54, 1.807) is 36.1 Å². The van der Waals surface area contributed by atoms with Gasteiger partial charge in [-0.1, -0.05) is 0 Å². The minimum absolute atomic E-state index is 0.213. The maximum Gasteiger partial charge on any atom is 0.237 e. The van der Waals surface area contributed by atoms with Gasteiger partial charge in [0.25, 0.3) is 0 Å². The maximum atomic E-state index is 13.3. The number of aromatic nitrogens is 2. The van der Waals surface area contributed by atoms with Crippen molar-refractivity contribution in [1.82, 2.24) is 9.78 Å². The van der Waals surface area contributed by atoms with E-state index in [9.17, 15) is 4.39 Å². The Kier molecular flexibility index (Phi) is 4.68. The van der Waals surface area contributed by atoms with Crippen molar-refractivity contribution in [3.05, 3.63) is 42.0 Å². The summed E-state index contributed by atoms with van der Waals surface area (Å²) in [4.78, 5) is 0. The van der Waals surface area contributed by atoms with Crippen molar-refractivity contribution in [3.63, 3.8) is 0 Å². The van der Waals surface area contributed by atoms with Crippen LogP contribution in [0.1, 0.15) is 5.69 Å². The third kappa shape index (κ3) is 3.58. The summed E-state index contributed by atoms with van der Waals surface area (Å²) < 4.78 is 20.6. The molecule has 0 radical (unpaired) electrons. The van der Waals surface area contributed by atoms with Gasteiger partial charge in [0.2, 0.25) is 5.71 Å². The van der Waals surface area contributed by atoms with Crippen LogP contribution in [-0.2, 0) is 13.7 Å². The minimum Gasteiger partial charge on any atom is -0.485 e.